The summed E-state index contributed by atoms with van der Waals surface area (Å²) in [5, 5.41) is 8.14. The summed E-state index contributed by atoms with van der Waals surface area (Å²) in [5.41, 5.74) is 1.94. The van der Waals surface area contributed by atoms with Gasteiger partial charge in [-0.2, -0.15) is 0 Å². The van der Waals surface area contributed by atoms with Gasteiger partial charge in [0.2, 0.25) is 15.9 Å². The highest BCUT2D eigenvalue weighted by Gasteiger charge is 2.15. The number of carbonyl (C=O) groups is 1. The van der Waals surface area contributed by atoms with Gasteiger partial charge in [-0.15, -0.1) is 0 Å². The summed E-state index contributed by atoms with van der Waals surface area (Å²) >= 11 is 0. The number of nitrogens with one attached hydrogen (secondary N) is 1. The van der Waals surface area contributed by atoms with Crippen molar-refractivity contribution >= 4 is 21.6 Å². The topological polar surface area (TPSA) is 89.3 Å². The van der Waals surface area contributed by atoms with Crippen molar-refractivity contribution in [1.29, 1.82) is 0 Å². The van der Waals surface area contributed by atoms with Gasteiger partial charge in [-0.25, -0.2) is 13.6 Å². The van der Waals surface area contributed by atoms with Crippen LogP contribution in [0.15, 0.2) is 53.4 Å². The fourth-order valence-corrected chi connectivity index (χ4v) is 3.28. The predicted molar refractivity (Wildman–Crippen MR) is 96.0 cm³/mol. The van der Waals surface area contributed by atoms with E-state index in [1.165, 1.54) is 6.07 Å². The zero-order chi connectivity index (χ0) is 17.7. The molecule has 128 valence electrons. The zero-order valence-electron chi connectivity index (χ0n) is 13.8. The third kappa shape index (κ3) is 4.43. The van der Waals surface area contributed by atoms with Crippen molar-refractivity contribution in [2.24, 2.45) is 11.1 Å². The number of sulfonamides is 1. The number of primary sulfonamides is 1. The van der Waals surface area contributed by atoms with Crippen LogP contribution in [0.4, 0.5) is 5.69 Å². The smallest absolute Gasteiger partial charge is 0.238 e. The van der Waals surface area contributed by atoms with Crippen LogP contribution in [0.1, 0.15) is 26.7 Å². The van der Waals surface area contributed by atoms with Crippen LogP contribution in [0, 0.1) is 5.92 Å². The summed E-state index contributed by atoms with van der Waals surface area (Å²) < 4.78 is 23.4. The summed E-state index contributed by atoms with van der Waals surface area (Å²) in [4.78, 5) is 12.1. The highest BCUT2D eigenvalue weighted by atomic mass is 32.2. The Kier molecular flexibility index (Phi) is 5.75. The lowest BCUT2D eigenvalue weighted by molar-refractivity contribution is -0.119. The van der Waals surface area contributed by atoms with E-state index in [-0.39, 0.29) is 16.7 Å². The van der Waals surface area contributed by atoms with Crippen LogP contribution in [-0.4, -0.2) is 14.3 Å². The van der Waals surface area contributed by atoms with Gasteiger partial charge in [-0.05, 0) is 30.2 Å². The molecule has 0 aromatic heterocycles. The summed E-state index contributed by atoms with van der Waals surface area (Å²) in [6, 6.07) is 13.6. The van der Waals surface area contributed by atoms with Crippen LogP contribution >= 0.6 is 0 Å². The number of amides is 1. The van der Waals surface area contributed by atoms with Gasteiger partial charge in [0, 0.05) is 17.2 Å². The zero-order valence-corrected chi connectivity index (χ0v) is 14.6. The lowest BCUT2D eigenvalue weighted by atomic mass is 10.0. The van der Waals surface area contributed by atoms with Crippen molar-refractivity contribution in [3.8, 4) is 11.1 Å². The molecule has 1 atom stereocenters. The largest absolute Gasteiger partial charge is 0.326 e. The van der Waals surface area contributed by atoms with E-state index in [1.807, 2.05) is 13.8 Å². The molecule has 0 saturated carbocycles. The van der Waals surface area contributed by atoms with E-state index in [1.54, 1.807) is 42.5 Å². The van der Waals surface area contributed by atoms with Gasteiger partial charge in [-0.1, -0.05) is 50.6 Å². The standard InChI is InChI=1S/C18H22N2O3S/c1-3-6-13(2)18(21)20-15-11-9-14(10-12-15)16-7-4-5-8-17(16)24(19,22)23/h4-5,7-13H,3,6H2,1-2H3,(H,20,21)(H2,19,22,23). The van der Waals surface area contributed by atoms with Crippen LogP contribution < -0.4 is 10.5 Å². The SMILES string of the molecule is CCCC(C)C(=O)Nc1ccc(-c2ccccc2S(N)(=O)=O)cc1. The quantitative estimate of drug-likeness (QED) is 0.840. The van der Waals surface area contributed by atoms with E-state index in [4.69, 9.17) is 5.14 Å². The second-order valence-corrected chi connectivity index (χ2v) is 7.33. The average Bonchev–Trinajstić information content (AvgIpc) is 2.55. The van der Waals surface area contributed by atoms with E-state index >= 15 is 0 Å². The van der Waals surface area contributed by atoms with E-state index in [0.29, 0.717) is 11.3 Å². The van der Waals surface area contributed by atoms with Crippen LogP contribution in [0.5, 0.6) is 0 Å². The first kappa shape index (κ1) is 18.2. The summed E-state index contributed by atoms with van der Waals surface area (Å²) in [6.07, 6.45) is 1.80. The van der Waals surface area contributed by atoms with Gasteiger partial charge in [-0.3, -0.25) is 4.79 Å². The van der Waals surface area contributed by atoms with E-state index in [0.717, 1.165) is 18.4 Å². The second kappa shape index (κ2) is 7.59. The van der Waals surface area contributed by atoms with Gasteiger partial charge in [0.1, 0.15) is 0 Å². The van der Waals surface area contributed by atoms with Crippen LogP contribution in [0.2, 0.25) is 0 Å². The molecular formula is C18H22N2O3S. The molecule has 6 heteroatoms. The maximum absolute atomic E-state index is 12.0. The van der Waals surface area contributed by atoms with Gasteiger partial charge in [0.15, 0.2) is 0 Å². The van der Waals surface area contributed by atoms with Crippen molar-refractivity contribution in [1.82, 2.24) is 0 Å². The van der Waals surface area contributed by atoms with Crippen LogP contribution in [0.25, 0.3) is 11.1 Å². The second-order valence-electron chi connectivity index (χ2n) is 5.80. The molecule has 0 fully saturated rings. The highest BCUT2D eigenvalue weighted by Crippen LogP contribution is 2.27. The maximum Gasteiger partial charge on any atom is 0.238 e. The lowest BCUT2D eigenvalue weighted by Crippen LogP contribution is -2.20. The fourth-order valence-electron chi connectivity index (χ4n) is 2.52. The Morgan fingerprint density at radius 3 is 2.33 bits per heavy atom. The Morgan fingerprint density at radius 1 is 1.12 bits per heavy atom. The average molecular weight is 346 g/mol. The number of carbonyl (C=O) groups excluding carboxylic acids is 1. The molecule has 24 heavy (non-hydrogen) atoms. The van der Waals surface area contributed by atoms with Crippen molar-refractivity contribution in [3.63, 3.8) is 0 Å². The molecule has 3 N–H and O–H groups in total. The molecule has 0 bridgehead atoms. The van der Waals surface area contributed by atoms with Crippen molar-refractivity contribution in [2.45, 2.75) is 31.6 Å². The minimum Gasteiger partial charge on any atom is -0.326 e. The van der Waals surface area contributed by atoms with E-state index in [2.05, 4.69) is 5.32 Å². The molecule has 0 radical (unpaired) electrons. The molecule has 2 rings (SSSR count). The molecule has 5 nitrogen and oxygen atoms in total. The summed E-state index contributed by atoms with van der Waals surface area (Å²) in [6.45, 7) is 3.94. The monoisotopic (exact) mass is 346 g/mol. The molecular weight excluding hydrogens is 324 g/mol. The Labute approximate surface area is 142 Å². The highest BCUT2D eigenvalue weighted by molar-refractivity contribution is 7.89. The van der Waals surface area contributed by atoms with Gasteiger partial charge >= 0.3 is 0 Å². The third-order valence-electron chi connectivity index (χ3n) is 3.83. The molecule has 0 spiro atoms. The lowest BCUT2D eigenvalue weighted by Gasteiger charge is -2.12. The molecule has 0 aliphatic heterocycles. The molecule has 0 saturated heterocycles. The first-order valence-corrected chi connectivity index (χ1v) is 9.40. The number of anilines is 1. The Hall–Kier alpha value is -2.18. The van der Waals surface area contributed by atoms with Gasteiger partial charge < -0.3 is 5.32 Å². The van der Waals surface area contributed by atoms with E-state index < -0.39 is 10.0 Å². The molecule has 2 aromatic carbocycles. The number of benzene rings is 2. The molecule has 2 aromatic rings. The molecule has 0 aliphatic carbocycles. The molecule has 0 heterocycles. The maximum atomic E-state index is 12.0. The van der Waals surface area contributed by atoms with Crippen molar-refractivity contribution in [2.75, 3.05) is 5.32 Å². The fraction of sp³-hybridized carbons (Fsp3) is 0.278. The van der Waals surface area contributed by atoms with Gasteiger partial charge in [0.05, 0.1) is 4.90 Å². The minimum absolute atomic E-state index is 0.0189. The number of rotatable bonds is 6. The number of hydrogen-bond acceptors (Lipinski definition) is 3. The Bertz CT molecular complexity index is 814. The van der Waals surface area contributed by atoms with Crippen molar-refractivity contribution in [3.05, 3.63) is 48.5 Å². The van der Waals surface area contributed by atoms with Gasteiger partial charge in [0.25, 0.3) is 0 Å². The molecule has 1 unspecified atom stereocenters. The third-order valence-corrected chi connectivity index (χ3v) is 4.80. The minimum atomic E-state index is -3.80. The normalized spacial score (nSPS) is 12.6. The molecule has 0 aliphatic rings. The predicted octanol–water partition coefficient (Wildman–Crippen LogP) is 3.38. The van der Waals surface area contributed by atoms with Crippen LogP contribution in [-0.2, 0) is 14.8 Å². The Morgan fingerprint density at radius 2 is 1.75 bits per heavy atom. The summed E-state index contributed by atoms with van der Waals surface area (Å²) in [7, 11) is -3.80. The first-order chi connectivity index (χ1) is 11.3. The van der Waals surface area contributed by atoms with Crippen LogP contribution in [0.3, 0.4) is 0 Å². The number of nitrogens with two attached hydrogens (primary N) is 1. The summed E-state index contributed by atoms with van der Waals surface area (Å²) in [5.74, 6) is -0.0627. The van der Waals surface area contributed by atoms with Crippen molar-refractivity contribution < 1.29 is 13.2 Å². The van der Waals surface area contributed by atoms with E-state index in [9.17, 15) is 13.2 Å². The first-order valence-electron chi connectivity index (χ1n) is 7.86. The molecule has 1 amide bonds. The Balaban J connectivity index is 2.24. The number of hydrogen-bond donors (Lipinski definition) is 2.